The number of hydrogen-bond donors (Lipinski definition) is 32. The number of primary amides is 3. The van der Waals surface area contributed by atoms with Gasteiger partial charge in [-0.3, -0.25) is 83.4 Å². The number of carbonyl (C=O) groups excluding carboxylic acids is 15. The Bertz CT molecular complexity index is 3900. The third-order valence-electron chi connectivity index (χ3n) is 17.8. The number of unbranched alkanes of at least 4 members (excludes halogenated alkanes) is 1. The Hall–Kier alpha value is -13.2. The average Bonchev–Trinajstić information content (AvgIpc) is 1.67. The molecule has 0 aliphatic heterocycles. The number of benzene rings is 1. The van der Waals surface area contributed by atoms with Gasteiger partial charge in [0.2, 0.25) is 76.8 Å². The summed E-state index contributed by atoms with van der Waals surface area (Å²) >= 11 is 0. The molecule has 12 atom stereocenters. The van der Waals surface area contributed by atoms with E-state index in [9.17, 15) is 82.1 Å². The molecule has 0 unspecified atom stereocenters. The highest BCUT2D eigenvalue weighted by atomic mass is 16.4. The van der Waals surface area contributed by atoms with Crippen molar-refractivity contribution in [3.05, 3.63) is 54.2 Å². The fraction of sp³-hybridized carbons (Fsp3) is 0.565. The lowest BCUT2D eigenvalue weighted by molar-refractivity contribution is -0.141. The van der Waals surface area contributed by atoms with E-state index in [1.165, 1.54) is 26.4 Å². The van der Waals surface area contributed by atoms with Crippen LogP contribution in [-0.2, 0) is 80.0 Å². The van der Waals surface area contributed by atoms with Gasteiger partial charge in [0.25, 0.3) is 0 Å². The number of carboxylic acid groups (broad SMARTS) is 1. The maximum Gasteiger partial charge on any atom is 0.325 e. The van der Waals surface area contributed by atoms with E-state index in [-0.39, 0.29) is 142 Å². The molecule has 49 nitrogen and oxygen atoms in total. The van der Waals surface area contributed by atoms with Crippen molar-refractivity contribution in [2.45, 2.75) is 196 Å². The minimum atomic E-state index is -1.88. The Balaban J connectivity index is 2.02. The molecule has 0 saturated heterocycles. The van der Waals surface area contributed by atoms with Crippen molar-refractivity contribution in [1.29, 1.82) is 16.2 Å². The maximum atomic E-state index is 15.1. The van der Waals surface area contributed by atoms with Crippen LogP contribution in [0.25, 0.3) is 10.9 Å². The Morgan fingerprint density at radius 3 is 1.25 bits per heavy atom. The molecule has 0 aliphatic rings. The number of guanidine groups is 3. The smallest absolute Gasteiger partial charge is 0.325 e. The van der Waals surface area contributed by atoms with Crippen LogP contribution < -0.4 is 136 Å². The van der Waals surface area contributed by atoms with Crippen molar-refractivity contribution in [2.24, 2.45) is 45.9 Å². The number of carbonyl (C=O) groups is 16. The summed E-state index contributed by atoms with van der Waals surface area (Å²) in [6, 6.07) is -13.2. The van der Waals surface area contributed by atoms with Crippen LogP contribution in [0.1, 0.15) is 121 Å². The van der Waals surface area contributed by atoms with Gasteiger partial charge in [-0.25, -0.2) is 14.6 Å². The van der Waals surface area contributed by atoms with E-state index in [1.807, 2.05) is 0 Å². The average molecular weight is 1670 g/mol. The molecule has 3 rings (SSSR count). The van der Waals surface area contributed by atoms with E-state index < -0.39 is 198 Å². The number of imidazole rings is 1. The highest BCUT2D eigenvalue weighted by molar-refractivity contribution is 6.00. The molecule has 654 valence electrons. The fourth-order valence-corrected chi connectivity index (χ4v) is 11.4. The number of aromatic nitrogens is 3. The second kappa shape index (κ2) is 53.0. The SMILES string of the molecule is C[C@H](NC(=O)[C@H](C)NC(=O)[C@H](CCCNC(N)=O)NC(=O)[C@H](CO)NC(=O)[C@H](CCCNC(=N)N)NC(=O)[C@H](CCCNC(=N)N)NC(=O)CNC(=O)[C@H](CCCNC(N)=O)NC(=O)[C@H](CCCNC(=N)N)NC(=O)[C@H](Cc1c[nH]c2ccccc12)NC(=O)[C@H](CCCCN)NC(=O)[C@H](CCC(N)=O)NC(=O)[C@@H](N)Cc1cnc[nH]1)C(=O)O. The minimum Gasteiger partial charge on any atom is -0.480 e. The molecule has 2 heterocycles. The predicted molar refractivity (Wildman–Crippen MR) is 425 cm³/mol. The molecule has 0 bridgehead atoms. The molecule has 2 aromatic heterocycles. The molecule has 0 saturated carbocycles. The first-order chi connectivity index (χ1) is 55.9. The number of nitrogens with zero attached hydrogens (tertiary/aromatic N) is 1. The summed E-state index contributed by atoms with van der Waals surface area (Å²) in [6.07, 6.45) is 2.45. The zero-order valence-corrected chi connectivity index (χ0v) is 65.6. The summed E-state index contributed by atoms with van der Waals surface area (Å²) < 4.78 is 0. The first-order valence-electron chi connectivity index (χ1n) is 37.9. The zero-order valence-electron chi connectivity index (χ0n) is 65.6. The van der Waals surface area contributed by atoms with Crippen molar-refractivity contribution in [3.63, 3.8) is 0 Å². The van der Waals surface area contributed by atoms with Gasteiger partial charge in [0.1, 0.15) is 66.5 Å². The van der Waals surface area contributed by atoms with Crippen molar-refractivity contribution < 1.29 is 86.9 Å². The van der Waals surface area contributed by atoms with Gasteiger partial charge in [0.05, 0.1) is 25.5 Å². The molecular weight excluding hydrogens is 1550 g/mol. The Labute approximate surface area is 677 Å². The van der Waals surface area contributed by atoms with Crippen molar-refractivity contribution in [3.8, 4) is 0 Å². The predicted octanol–water partition coefficient (Wildman–Crippen LogP) is -10.3. The summed E-state index contributed by atoms with van der Waals surface area (Å²) in [5.74, 6) is -15.7. The second-order valence-electron chi connectivity index (χ2n) is 27.4. The van der Waals surface area contributed by atoms with E-state index in [0.717, 1.165) is 0 Å². The number of urea groups is 2. The Morgan fingerprint density at radius 1 is 0.432 bits per heavy atom. The summed E-state index contributed by atoms with van der Waals surface area (Å²) in [5, 5.41) is 85.3. The lowest BCUT2D eigenvalue weighted by Crippen LogP contribution is -2.60. The van der Waals surface area contributed by atoms with Gasteiger partial charge in [-0.05, 0) is 122 Å². The summed E-state index contributed by atoms with van der Waals surface area (Å²) in [5.41, 5.74) is 46.1. The molecule has 0 radical (unpaired) electrons. The van der Waals surface area contributed by atoms with E-state index in [1.54, 1.807) is 30.5 Å². The highest BCUT2D eigenvalue weighted by Crippen LogP contribution is 2.20. The molecule has 0 aliphatic carbocycles. The van der Waals surface area contributed by atoms with Crippen molar-refractivity contribution in [2.75, 3.05) is 52.4 Å². The number of aliphatic carboxylic acids is 1. The number of aliphatic hydroxyl groups excluding tert-OH is 1. The van der Waals surface area contributed by atoms with Crippen LogP contribution in [0.4, 0.5) is 9.59 Å². The minimum absolute atomic E-state index is 0.00375. The van der Waals surface area contributed by atoms with Crippen LogP contribution in [0.5, 0.6) is 0 Å². The van der Waals surface area contributed by atoms with Crippen molar-refractivity contribution >= 4 is 124 Å². The summed E-state index contributed by atoms with van der Waals surface area (Å²) in [7, 11) is 0. The van der Waals surface area contributed by atoms with Crippen LogP contribution >= 0.6 is 0 Å². The molecule has 0 fully saturated rings. The van der Waals surface area contributed by atoms with Gasteiger partial charge in [0.15, 0.2) is 17.9 Å². The molecule has 49 heteroatoms. The van der Waals surface area contributed by atoms with E-state index in [2.05, 4.69) is 105 Å². The molecule has 1 aromatic carbocycles. The normalized spacial score (nSPS) is 13.9. The quantitative estimate of drug-likeness (QED) is 0.0142. The summed E-state index contributed by atoms with van der Waals surface area (Å²) in [6.45, 7) is 0.0635. The van der Waals surface area contributed by atoms with Crippen LogP contribution in [0, 0.1) is 16.2 Å². The topological polar surface area (TPSA) is 842 Å². The number of carboxylic acids is 1. The third-order valence-corrected chi connectivity index (χ3v) is 17.8. The largest absolute Gasteiger partial charge is 0.480 e. The molecular formula is C69H115N31O18. The van der Waals surface area contributed by atoms with Crippen molar-refractivity contribution in [1.82, 2.24) is 105 Å². The van der Waals surface area contributed by atoms with Gasteiger partial charge in [0, 0.05) is 81.0 Å². The lowest BCUT2D eigenvalue weighted by Gasteiger charge is -2.28. The lowest BCUT2D eigenvalue weighted by atomic mass is 10.0. The molecule has 17 amide bonds. The second-order valence-corrected chi connectivity index (χ2v) is 27.4. The van der Waals surface area contributed by atoms with Crippen LogP contribution in [-0.4, -0.2) is 263 Å². The standard InChI is InChI=1S/C69H115N31O18/c1-35(53(104)91-36(2)64(115)116)90-56(107)45(19-11-27-86-69(80)118)98-63(114)50(33-101)100-60(111)47(18-9-25-84-67(77)78)96-57(108)43(16-7-23-82-65(73)74)92-52(103)32-88-55(106)42(15-10-26-85-68(79)117)94-58(109)46(17-8-24-83-66(75)76)97-62(113)49(28-37-30-87-41-13-4-3-12-39(37)41)99-59(110)44(14-5-6-22-70)95-61(112)48(20-21-51(72)102)93-54(105)40(71)29-38-31-81-34-89-38/h3-4,12-13,30-31,34-36,40,42-50,87,101H,5-11,14-29,32-33,70-71H2,1-2H3,(H2,72,102)(H,81,89)(H,88,106)(H,90,107)(H,91,104)(H,92,103)(H,93,105)(H,94,109)(H,95,112)(H,96,108)(H,97,113)(H,98,114)(H,99,110)(H,100,111)(H,115,116)(H4,73,74,82)(H4,75,76,83)(H4,77,78,84)(H3,79,85,117)(H3,80,86,118)/t35-,36-,40-,42-,43-,44-,45-,46-,47-,48-,49-,50-/m0/s1. The molecule has 118 heavy (non-hydrogen) atoms. The number of fused-ring (bicyclic) bond motifs is 1. The van der Waals surface area contributed by atoms with Gasteiger partial charge >= 0.3 is 18.0 Å². The zero-order chi connectivity index (χ0) is 88.0. The van der Waals surface area contributed by atoms with Gasteiger partial charge in [-0.1, -0.05) is 18.2 Å². The van der Waals surface area contributed by atoms with Crippen LogP contribution in [0.15, 0.2) is 43.0 Å². The first kappa shape index (κ1) is 99.0. The number of nitrogens with two attached hydrogens (primary N) is 8. The van der Waals surface area contributed by atoms with E-state index in [0.29, 0.717) is 28.6 Å². The molecule has 40 N–H and O–H groups in total. The highest BCUT2D eigenvalue weighted by Gasteiger charge is 2.37. The maximum absolute atomic E-state index is 15.1. The molecule has 0 spiro atoms. The number of aliphatic hydroxyl groups is 1. The number of hydrogen-bond acceptors (Lipinski definition) is 23. The number of para-hydroxylation sites is 1. The van der Waals surface area contributed by atoms with E-state index in [4.69, 9.17) is 62.1 Å². The monoisotopic (exact) mass is 1670 g/mol. The Morgan fingerprint density at radius 2 is 0.822 bits per heavy atom. The van der Waals surface area contributed by atoms with Gasteiger partial charge in [-0.2, -0.15) is 0 Å². The number of aromatic amines is 2. The van der Waals surface area contributed by atoms with Gasteiger partial charge in [-0.15, -0.1) is 0 Å². The van der Waals surface area contributed by atoms with Gasteiger partial charge < -0.3 is 156 Å². The number of amides is 17. The molecule has 3 aromatic rings. The fourth-order valence-electron chi connectivity index (χ4n) is 11.4. The number of H-pyrrole nitrogens is 2. The van der Waals surface area contributed by atoms with Crippen LogP contribution in [0.3, 0.4) is 0 Å². The first-order valence-corrected chi connectivity index (χ1v) is 37.9. The number of nitrogens with one attached hydrogen (secondary N) is 22. The van der Waals surface area contributed by atoms with E-state index >= 15 is 4.79 Å². The third kappa shape index (κ3) is 38.7. The number of rotatable bonds is 57. The summed E-state index contributed by atoms with van der Waals surface area (Å²) in [4.78, 5) is 226. The Kier molecular flexibility index (Phi) is 44.5. The van der Waals surface area contributed by atoms with Crippen LogP contribution in [0.2, 0.25) is 0 Å².